The summed E-state index contributed by atoms with van der Waals surface area (Å²) in [6.07, 6.45) is 1.57. The minimum absolute atomic E-state index is 0.0747. The molecule has 0 aliphatic heterocycles. The van der Waals surface area contributed by atoms with Crippen LogP contribution in [0.3, 0.4) is 0 Å². The van der Waals surface area contributed by atoms with Crippen LogP contribution in [-0.4, -0.2) is 45.0 Å². The third-order valence-electron chi connectivity index (χ3n) is 3.62. The van der Waals surface area contributed by atoms with E-state index in [1.807, 2.05) is 0 Å². The molecule has 0 fully saturated rings. The standard InChI is InChI=1S/C17H17N5O4/c1-22-15(16(23)24)9-14(21-22)13-4-5-18-17(20-13)19-10-6-11(25-2)8-12(7-10)26-3/h4-9H,1-3H3,(H,23,24)(H,18,19,20). The van der Waals surface area contributed by atoms with Crippen LogP contribution in [0.25, 0.3) is 11.4 Å². The molecule has 0 saturated carbocycles. The molecule has 0 saturated heterocycles. The van der Waals surface area contributed by atoms with Gasteiger partial charge in [0.15, 0.2) is 0 Å². The highest BCUT2D eigenvalue weighted by Crippen LogP contribution is 2.27. The van der Waals surface area contributed by atoms with Crippen LogP contribution in [-0.2, 0) is 7.05 Å². The lowest BCUT2D eigenvalue weighted by molar-refractivity contribution is 0.0685. The molecule has 3 aromatic rings. The Bertz CT molecular complexity index is 932. The van der Waals surface area contributed by atoms with Crippen molar-refractivity contribution in [3.8, 4) is 22.9 Å². The van der Waals surface area contributed by atoms with Gasteiger partial charge in [0.2, 0.25) is 5.95 Å². The smallest absolute Gasteiger partial charge is 0.354 e. The number of carbonyl (C=O) groups is 1. The number of methoxy groups -OCH3 is 2. The van der Waals surface area contributed by atoms with Crippen molar-refractivity contribution in [3.05, 3.63) is 42.2 Å². The molecule has 1 aromatic carbocycles. The first-order chi connectivity index (χ1) is 12.5. The number of ether oxygens (including phenoxy) is 2. The van der Waals surface area contributed by atoms with Crippen LogP contribution in [0.5, 0.6) is 11.5 Å². The maximum absolute atomic E-state index is 11.2. The van der Waals surface area contributed by atoms with E-state index in [0.29, 0.717) is 34.5 Å². The van der Waals surface area contributed by atoms with Gasteiger partial charge in [0, 0.05) is 43.2 Å². The van der Waals surface area contributed by atoms with Crippen molar-refractivity contribution in [1.82, 2.24) is 19.7 Å². The normalized spacial score (nSPS) is 10.4. The van der Waals surface area contributed by atoms with Crippen LogP contribution >= 0.6 is 0 Å². The lowest BCUT2D eigenvalue weighted by Gasteiger charge is -2.10. The molecule has 0 unspecified atom stereocenters. The predicted octanol–water partition coefficient (Wildman–Crippen LogP) is 2.34. The van der Waals surface area contributed by atoms with Gasteiger partial charge in [0.1, 0.15) is 22.9 Å². The van der Waals surface area contributed by atoms with Crippen molar-refractivity contribution in [2.75, 3.05) is 19.5 Å². The molecular weight excluding hydrogens is 338 g/mol. The van der Waals surface area contributed by atoms with Gasteiger partial charge < -0.3 is 19.9 Å². The van der Waals surface area contributed by atoms with Gasteiger partial charge in [0.05, 0.1) is 19.9 Å². The van der Waals surface area contributed by atoms with Gasteiger partial charge in [-0.15, -0.1) is 0 Å². The van der Waals surface area contributed by atoms with Gasteiger partial charge in [-0.2, -0.15) is 5.10 Å². The number of hydrogen-bond donors (Lipinski definition) is 2. The lowest BCUT2D eigenvalue weighted by atomic mass is 10.2. The number of hydrogen-bond acceptors (Lipinski definition) is 7. The molecule has 134 valence electrons. The number of carboxylic acid groups (broad SMARTS) is 1. The lowest BCUT2D eigenvalue weighted by Crippen LogP contribution is -2.04. The molecule has 0 atom stereocenters. The molecule has 0 spiro atoms. The van der Waals surface area contributed by atoms with Crippen LogP contribution in [0.1, 0.15) is 10.5 Å². The molecule has 0 amide bonds. The van der Waals surface area contributed by atoms with E-state index in [1.54, 1.807) is 51.7 Å². The van der Waals surface area contributed by atoms with Crippen LogP contribution in [0.4, 0.5) is 11.6 Å². The van der Waals surface area contributed by atoms with Gasteiger partial charge in [-0.3, -0.25) is 4.68 Å². The SMILES string of the molecule is COc1cc(Nc2nccc(-c3cc(C(=O)O)n(C)n3)n2)cc(OC)c1. The minimum Gasteiger partial charge on any atom is -0.497 e. The third-order valence-corrected chi connectivity index (χ3v) is 3.62. The van der Waals surface area contributed by atoms with E-state index in [1.165, 1.54) is 10.7 Å². The van der Waals surface area contributed by atoms with Gasteiger partial charge in [0.25, 0.3) is 0 Å². The highest BCUT2D eigenvalue weighted by molar-refractivity contribution is 5.87. The first kappa shape index (κ1) is 17.2. The number of aromatic carboxylic acids is 1. The molecule has 0 aliphatic carbocycles. The largest absolute Gasteiger partial charge is 0.497 e. The maximum atomic E-state index is 11.2. The van der Waals surface area contributed by atoms with Gasteiger partial charge in [-0.1, -0.05) is 0 Å². The Labute approximate surface area is 149 Å². The quantitative estimate of drug-likeness (QED) is 0.693. The molecule has 3 rings (SSSR count). The van der Waals surface area contributed by atoms with Crippen molar-refractivity contribution >= 4 is 17.6 Å². The Morgan fingerprint density at radius 3 is 2.38 bits per heavy atom. The first-order valence-corrected chi connectivity index (χ1v) is 7.61. The summed E-state index contributed by atoms with van der Waals surface area (Å²) in [5.74, 6) is 0.528. The summed E-state index contributed by atoms with van der Waals surface area (Å²) < 4.78 is 11.8. The van der Waals surface area contributed by atoms with E-state index in [0.717, 1.165) is 0 Å². The first-order valence-electron chi connectivity index (χ1n) is 7.61. The Balaban J connectivity index is 1.91. The highest BCUT2D eigenvalue weighted by Gasteiger charge is 2.14. The maximum Gasteiger partial charge on any atom is 0.354 e. The van der Waals surface area contributed by atoms with Crippen LogP contribution in [0.15, 0.2) is 36.5 Å². The Kier molecular flexibility index (Phi) is 4.70. The number of anilines is 2. The van der Waals surface area contributed by atoms with Crippen molar-refractivity contribution in [2.24, 2.45) is 7.05 Å². The number of nitrogens with zero attached hydrogens (tertiary/aromatic N) is 4. The zero-order valence-electron chi connectivity index (χ0n) is 14.4. The molecule has 0 aliphatic rings. The summed E-state index contributed by atoms with van der Waals surface area (Å²) in [4.78, 5) is 19.7. The molecule has 0 bridgehead atoms. The number of rotatable bonds is 6. The highest BCUT2D eigenvalue weighted by atomic mass is 16.5. The second-order valence-electron chi connectivity index (χ2n) is 5.34. The summed E-state index contributed by atoms with van der Waals surface area (Å²) in [7, 11) is 4.70. The number of benzene rings is 1. The average Bonchev–Trinajstić information content (AvgIpc) is 3.03. The van der Waals surface area contributed by atoms with Crippen molar-refractivity contribution in [3.63, 3.8) is 0 Å². The monoisotopic (exact) mass is 355 g/mol. The Morgan fingerprint density at radius 1 is 1.12 bits per heavy atom. The van der Waals surface area contributed by atoms with E-state index >= 15 is 0 Å². The topological polar surface area (TPSA) is 111 Å². The predicted molar refractivity (Wildman–Crippen MR) is 94.0 cm³/mol. The number of aryl methyl sites for hydroxylation is 1. The van der Waals surface area contributed by atoms with Crippen molar-refractivity contribution < 1.29 is 19.4 Å². The van der Waals surface area contributed by atoms with E-state index in [4.69, 9.17) is 14.6 Å². The molecule has 9 nitrogen and oxygen atoms in total. The minimum atomic E-state index is -1.05. The fraction of sp³-hybridized carbons (Fsp3) is 0.176. The van der Waals surface area contributed by atoms with Gasteiger partial charge in [-0.05, 0) is 6.07 Å². The van der Waals surface area contributed by atoms with E-state index in [9.17, 15) is 4.79 Å². The number of aromatic nitrogens is 4. The second kappa shape index (κ2) is 7.09. The summed E-state index contributed by atoms with van der Waals surface area (Å²) in [6.45, 7) is 0. The van der Waals surface area contributed by atoms with Crippen molar-refractivity contribution in [1.29, 1.82) is 0 Å². The molecule has 2 heterocycles. The molecule has 26 heavy (non-hydrogen) atoms. The summed E-state index contributed by atoms with van der Waals surface area (Å²) in [5, 5.41) is 16.4. The Morgan fingerprint density at radius 2 is 1.81 bits per heavy atom. The molecule has 2 aromatic heterocycles. The molecule has 9 heteroatoms. The number of nitrogens with one attached hydrogen (secondary N) is 1. The van der Waals surface area contributed by atoms with E-state index in [2.05, 4.69) is 20.4 Å². The Hall–Kier alpha value is -3.62. The molecular formula is C17H17N5O4. The summed E-state index contributed by atoms with van der Waals surface area (Å²) in [6, 6.07) is 8.43. The van der Waals surface area contributed by atoms with E-state index < -0.39 is 5.97 Å². The van der Waals surface area contributed by atoms with Crippen LogP contribution < -0.4 is 14.8 Å². The molecule has 0 radical (unpaired) electrons. The molecule has 2 N–H and O–H groups in total. The summed E-state index contributed by atoms with van der Waals surface area (Å²) in [5.41, 5.74) is 1.70. The van der Waals surface area contributed by atoms with Gasteiger partial charge in [-0.25, -0.2) is 14.8 Å². The van der Waals surface area contributed by atoms with Crippen LogP contribution in [0, 0.1) is 0 Å². The van der Waals surface area contributed by atoms with E-state index in [-0.39, 0.29) is 5.69 Å². The van der Waals surface area contributed by atoms with Gasteiger partial charge >= 0.3 is 5.97 Å². The van der Waals surface area contributed by atoms with Crippen LogP contribution in [0.2, 0.25) is 0 Å². The zero-order chi connectivity index (χ0) is 18.7. The zero-order valence-corrected chi connectivity index (χ0v) is 14.4. The third kappa shape index (κ3) is 3.56. The average molecular weight is 355 g/mol. The number of carboxylic acids is 1. The second-order valence-corrected chi connectivity index (χ2v) is 5.34. The fourth-order valence-corrected chi connectivity index (χ4v) is 2.36. The van der Waals surface area contributed by atoms with Crippen molar-refractivity contribution in [2.45, 2.75) is 0 Å². The summed E-state index contributed by atoms with van der Waals surface area (Å²) >= 11 is 0. The fourth-order valence-electron chi connectivity index (χ4n) is 2.36.